The summed E-state index contributed by atoms with van der Waals surface area (Å²) < 4.78 is 5.29. The minimum atomic E-state index is -0.134. The van der Waals surface area contributed by atoms with E-state index in [0.717, 1.165) is 24.2 Å². The number of Topliss-reactive ketones (excluding diaryl/α,β-unsaturated/α-hetero) is 2. The Morgan fingerprint density at radius 3 is 2.50 bits per heavy atom. The van der Waals surface area contributed by atoms with Gasteiger partial charge in [0, 0.05) is 42.3 Å². The van der Waals surface area contributed by atoms with Crippen LogP contribution >= 0.6 is 0 Å². The molecule has 2 aromatic carbocycles. The lowest BCUT2D eigenvalue weighted by molar-refractivity contribution is -0.129. The van der Waals surface area contributed by atoms with E-state index in [0.29, 0.717) is 30.2 Å². The predicted octanol–water partition coefficient (Wildman–Crippen LogP) is 4.10. The molecule has 4 unspecified atom stereocenters. The number of methoxy groups -OCH3 is 1. The molecule has 0 aliphatic carbocycles. The predicted molar refractivity (Wildman–Crippen MR) is 109 cm³/mol. The van der Waals surface area contributed by atoms with Crippen molar-refractivity contribution in [2.24, 2.45) is 5.92 Å². The lowest BCUT2D eigenvalue weighted by Gasteiger charge is -2.40. The first-order chi connectivity index (χ1) is 13.6. The van der Waals surface area contributed by atoms with Crippen LogP contribution in [-0.2, 0) is 4.79 Å². The number of ketones is 2. The zero-order chi connectivity index (χ0) is 19.7. The number of piperidine rings is 1. The summed E-state index contributed by atoms with van der Waals surface area (Å²) in [6.07, 6.45) is 3.06. The molecular formula is C24H27NO3. The monoisotopic (exact) mass is 377 g/mol. The van der Waals surface area contributed by atoms with E-state index in [2.05, 4.69) is 11.9 Å². The van der Waals surface area contributed by atoms with Crippen molar-refractivity contribution in [1.29, 1.82) is 0 Å². The number of fused-ring (bicyclic) bond motifs is 2. The Labute approximate surface area is 166 Å². The second-order valence-corrected chi connectivity index (χ2v) is 8.03. The number of carbonyl (C=O) groups excluding carboxylic acids is 2. The first kappa shape index (κ1) is 18.9. The third-order valence-electron chi connectivity index (χ3n) is 6.60. The van der Waals surface area contributed by atoms with Gasteiger partial charge in [0.15, 0.2) is 5.78 Å². The van der Waals surface area contributed by atoms with Crippen LogP contribution < -0.4 is 4.74 Å². The summed E-state index contributed by atoms with van der Waals surface area (Å²) in [5.74, 6) is 0.941. The number of nitrogens with zero attached hydrogens (tertiary/aromatic N) is 1. The van der Waals surface area contributed by atoms with E-state index in [-0.39, 0.29) is 23.7 Å². The van der Waals surface area contributed by atoms with Gasteiger partial charge in [0.2, 0.25) is 0 Å². The van der Waals surface area contributed by atoms with E-state index in [9.17, 15) is 9.59 Å². The molecule has 0 amide bonds. The normalized spacial score (nSPS) is 25.5. The van der Waals surface area contributed by atoms with Crippen LogP contribution in [0.3, 0.4) is 0 Å². The van der Waals surface area contributed by atoms with Gasteiger partial charge in [-0.2, -0.15) is 0 Å². The Morgan fingerprint density at radius 2 is 1.82 bits per heavy atom. The molecule has 2 aromatic rings. The zero-order valence-corrected chi connectivity index (χ0v) is 16.5. The molecule has 4 atom stereocenters. The summed E-state index contributed by atoms with van der Waals surface area (Å²) >= 11 is 0. The van der Waals surface area contributed by atoms with Crippen molar-refractivity contribution in [2.45, 2.75) is 43.7 Å². The standard InChI is InChI=1S/C24H27NO3/c1-25-18-10-13-21(25)24(23(27)14-18)20(16-8-11-19(28-2)12-9-16)15-22(26)17-6-4-3-5-7-17/h3-9,11-12,18,20-21,24H,10,13-15H2,1-2H3. The largest absolute Gasteiger partial charge is 0.497 e. The van der Waals surface area contributed by atoms with Crippen LogP contribution in [0.15, 0.2) is 54.6 Å². The highest BCUT2D eigenvalue weighted by Crippen LogP contribution is 2.44. The van der Waals surface area contributed by atoms with Gasteiger partial charge in [-0.1, -0.05) is 42.5 Å². The fourth-order valence-corrected chi connectivity index (χ4v) is 5.04. The quantitative estimate of drug-likeness (QED) is 0.711. The first-order valence-corrected chi connectivity index (χ1v) is 10.1. The SMILES string of the molecule is COc1ccc(C(CC(=O)c2ccccc2)C2C(=O)CC3CCC2N3C)cc1. The molecule has 0 N–H and O–H groups in total. The van der Waals surface area contributed by atoms with Gasteiger partial charge in [0.25, 0.3) is 0 Å². The van der Waals surface area contributed by atoms with Crippen molar-refractivity contribution in [3.63, 3.8) is 0 Å². The van der Waals surface area contributed by atoms with Crippen molar-refractivity contribution in [3.8, 4) is 5.75 Å². The van der Waals surface area contributed by atoms with Crippen LogP contribution in [0.2, 0.25) is 0 Å². The van der Waals surface area contributed by atoms with Crippen LogP contribution in [0.5, 0.6) is 5.75 Å². The van der Waals surface area contributed by atoms with Crippen molar-refractivity contribution in [1.82, 2.24) is 4.90 Å². The summed E-state index contributed by atoms with van der Waals surface area (Å²) in [5.41, 5.74) is 1.75. The fourth-order valence-electron chi connectivity index (χ4n) is 5.04. The minimum Gasteiger partial charge on any atom is -0.497 e. The molecule has 0 radical (unpaired) electrons. The summed E-state index contributed by atoms with van der Waals surface area (Å²) in [5, 5.41) is 0. The summed E-state index contributed by atoms with van der Waals surface area (Å²) in [7, 11) is 3.77. The summed E-state index contributed by atoms with van der Waals surface area (Å²) in [6.45, 7) is 0. The van der Waals surface area contributed by atoms with Gasteiger partial charge in [-0.25, -0.2) is 0 Å². The zero-order valence-electron chi connectivity index (χ0n) is 16.5. The molecule has 2 aliphatic rings. The van der Waals surface area contributed by atoms with Gasteiger partial charge in [0.1, 0.15) is 11.5 Å². The third kappa shape index (κ3) is 3.49. The maximum Gasteiger partial charge on any atom is 0.163 e. The lowest BCUT2D eigenvalue weighted by Crippen LogP contribution is -2.49. The lowest BCUT2D eigenvalue weighted by atomic mass is 9.73. The molecule has 146 valence electrons. The Balaban J connectivity index is 1.68. The second-order valence-electron chi connectivity index (χ2n) is 8.03. The smallest absolute Gasteiger partial charge is 0.163 e. The third-order valence-corrected chi connectivity index (χ3v) is 6.60. The number of rotatable bonds is 6. The molecule has 2 bridgehead atoms. The van der Waals surface area contributed by atoms with Gasteiger partial charge in [-0.15, -0.1) is 0 Å². The average Bonchev–Trinajstić information content (AvgIpc) is 2.97. The highest BCUT2D eigenvalue weighted by atomic mass is 16.5. The van der Waals surface area contributed by atoms with E-state index < -0.39 is 0 Å². The topological polar surface area (TPSA) is 46.6 Å². The molecule has 2 aliphatic heterocycles. The molecule has 0 aromatic heterocycles. The van der Waals surface area contributed by atoms with Gasteiger partial charge in [-0.3, -0.25) is 14.5 Å². The maximum absolute atomic E-state index is 13.1. The second kappa shape index (κ2) is 7.88. The summed E-state index contributed by atoms with van der Waals surface area (Å²) in [6, 6.07) is 17.8. The molecule has 4 nitrogen and oxygen atoms in total. The molecule has 4 heteroatoms. The van der Waals surface area contributed by atoms with E-state index in [1.165, 1.54) is 0 Å². The number of hydrogen-bond donors (Lipinski definition) is 0. The Hall–Kier alpha value is -2.46. The van der Waals surface area contributed by atoms with Crippen molar-refractivity contribution < 1.29 is 14.3 Å². The van der Waals surface area contributed by atoms with Crippen molar-refractivity contribution >= 4 is 11.6 Å². The first-order valence-electron chi connectivity index (χ1n) is 10.1. The highest BCUT2D eigenvalue weighted by Gasteiger charge is 2.48. The molecule has 28 heavy (non-hydrogen) atoms. The van der Waals surface area contributed by atoms with Crippen molar-refractivity contribution in [3.05, 3.63) is 65.7 Å². The van der Waals surface area contributed by atoms with E-state index in [4.69, 9.17) is 4.74 Å². The van der Waals surface area contributed by atoms with Crippen LogP contribution in [0, 0.1) is 5.92 Å². The Bertz CT molecular complexity index is 846. The average molecular weight is 377 g/mol. The summed E-state index contributed by atoms with van der Waals surface area (Å²) in [4.78, 5) is 28.5. The molecule has 2 saturated heterocycles. The molecule has 2 fully saturated rings. The van der Waals surface area contributed by atoms with Gasteiger partial charge >= 0.3 is 0 Å². The van der Waals surface area contributed by atoms with Crippen LogP contribution in [0.1, 0.15) is 47.5 Å². The number of ether oxygens (including phenoxy) is 1. The molecule has 4 rings (SSSR count). The Morgan fingerprint density at radius 1 is 1.11 bits per heavy atom. The number of carbonyl (C=O) groups is 2. The molecule has 0 spiro atoms. The van der Waals surface area contributed by atoms with Crippen LogP contribution in [0.25, 0.3) is 0 Å². The van der Waals surface area contributed by atoms with Crippen molar-refractivity contribution in [2.75, 3.05) is 14.2 Å². The minimum absolute atomic E-state index is 0.0944. The van der Waals surface area contributed by atoms with Crippen LogP contribution in [-0.4, -0.2) is 42.7 Å². The molecule has 2 heterocycles. The van der Waals surface area contributed by atoms with E-state index >= 15 is 0 Å². The number of benzene rings is 2. The highest BCUT2D eigenvalue weighted by molar-refractivity contribution is 5.97. The maximum atomic E-state index is 13.1. The van der Waals surface area contributed by atoms with Gasteiger partial charge in [-0.05, 0) is 37.6 Å². The van der Waals surface area contributed by atoms with E-state index in [1.807, 2.05) is 54.6 Å². The fraction of sp³-hybridized carbons (Fsp3) is 0.417. The Kier molecular flexibility index (Phi) is 5.31. The van der Waals surface area contributed by atoms with Crippen LogP contribution in [0.4, 0.5) is 0 Å². The number of hydrogen-bond acceptors (Lipinski definition) is 4. The van der Waals surface area contributed by atoms with Gasteiger partial charge in [0.05, 0.1) is 7.11 Å². The molecule has 0 saturated carbocycles. The van der Waals surface area contributed by atoms with Gasteiger partial charge < -0.3 is 4.74 Å². The van der Waals surface area contributed by atoms with E-state index in [1.54, 1.807) is 7.11 Å². The molecular weight excluding hydrogens is 350 g/mol.